The fourth-order valence-electron chi connectivity index (χ4n) is 6.41. The van der Waals surface area contributed by atoms with Gasteiger partial charge in [-0.1, -0.05) is 12.5 Å². The van der Waals surface area contributed by atoms with E-state index in [1.165, 1.54) is 0 Å². The van der Waals surface area contributed by atoms with Crippen LogP contribution in [0.25, 0.3) is 10.9 Å². The number of aromatic nitrogens is 1. The quantitative estimate of drug-likeness (QED) is 0.423. The number of ketones is 1. The van der Waals surface area contributed by atoms with Gasteiger partial charge in [-0.15, -0.1) is 0 Å². The Kier molecular flexibility index (Phi) is 7.19. The molecule has 2 saturated heterocycles. The summed E-state index contributed by atoms with van der Waals surface area (Å²) in [6, 6.07) is 5.58. The first kappa shape index (κ1) is 25.3. The van der Waals surface area contributed by atoms with Crippen LogP contribution in [0.2, 0.25) is 0 Å². The van der Waals surface area contributed by atoms with Crippen LogP contribution in [0.4, 0.5) is 0 Å². The molecule has 5 atom stereocenters. The number of H-pyrrole nitrogens is 1. The summed E-state index contributed by atoms with van der Waals surface area (Å²) in [5.74, 6) is -0.884. The fourth-order valence-corrected chi connectivity index (χ4v) is 6.41. The van der Waals surface area contributed by atoms with Crippen molar-refractivity contribution >= 4 is 34.4 Å². The molecule has 1 aliphatic carbocycles. The number of methoxy groups -OCH3 is 1. The number of carbonyl (C=O) groups excluding carboxylic acids is 4. The largest absolute Gasteiger partial charge is 0.496 e. The molecule has 1 saturated carbocycles. The van der Waals surface area contributed by atoms with E-state index in [1.54, 1.807) is 18.1 Å². The van der Waals surface area contributed by atoms with Gasteiger partial charge in [0, 0.05) is 29.9 Å². The average Bonchev–Trinajstić information content (AvgIpc) is 3.62. The molecule has 0 bridgehead atoms. The van der Waals surface area contributed by atoms with Crippen LogP contribution in [0.15, 0.2) is 24.3 Å². The first-order chi connectivity index (χ1) is 17.9. The number of aliphatic hydroxyl groups is 1. The summed E-state index contributed by atoms with van der Waals surface area (Å²) in [6.45, 7) is 0.343. The molecule has 198 valence electrons. The molecule has 10 heteroatoms. The minimum atomic E-state index is -0.985. The molecule has 3 fully saturated rings. The summed E-state index contributed by atoms with van der Waals surface area (Å²) < 4.78 is 5.42. The number of ether oxygens (including phenoxy) is 1. The summed E-state index contributed by atoms with van der Waals surface area (Å²) in [5.41, 5.74) is 1.14. The maximum Gasteiger partial charge on any atom is 0.271 e. The normalized spacial score (nSPS) is 26.0. The van der Waals surface area contributed by atoms with Crippen molar-refractivity contribution in [1.29, 1.82) is 0 Å². The third-order valence-electron chi connectivity index (χ3n) is 8.27. The molecule has 3 aliphatic rings. The lowest BCUT2D eigenvalue weighted by Gasteiger charge is -2.30. The third kappa shape index (κ3) is 4.82. The predicted octanol–water partition coefficient (Wildman–Crippen LogP) is 1.38. The summed E-state index contributed by atoms with van der Waals surface area (Å²) in [7, 11) is 1.58. The maximum atomic E-state index is 13.7. The summed E-state index contributed by atoms with van der Waals surface area (Å²) >= 11 is 0. The van der Waals surface area contributed by atoms with E-state index in [1.807, 2.05) is 18.2 Å². The lowest BCUT2D eigenvalue weighted by atomic mass is 9.89. The Morgan fingerprint density at radius 2 is 2.05 bits per heavy atom. The Balaban J connectivity index is 1.38. The number of rotatable bonds is 8. The number of aromatic amines is 1. The summed E-state index contributed by atoms with van der Waals surface area (Å²) in [6.07, 6.45) is 4.32. The highest BCUT2D eigenvalue weighted by Crippen LogP contribution is 2.43. The number of hydrogen-bond acceptors (Lipinski definition) is 6. The smallest absolute Gasteiger partial charge is 0.271 e. The first-order valence-electron chi connectivity index (χ1n) is 13.1. The molecule has 2 aliphatic heterocycles. The van der Waals surface area contributed by atoms with Crippen molar-refractivity contribution in [2.45, 2.75) is 50.6 Å². The topological polar surface area (TPSA) is 141 Å². The number of piperidine rings is 1. The van der Waals surface area contributed by atoms with E-state index in [4.69, 9.17) is 4.74 Å². The molecule has 37 heavy (non-hydrogen) atoms. The van der Waals surface area contributed by atoms with Crippen LogP contribution in [-0.2, 0) is 14.4 Å². The van der Waals surface area contributed by atoms with E-state index in [0.29, 0.717) is 31.0 Å². The van der Waals surface area contributed by atoms with E-state index in [0.717, 1.165) is 36.6 Å². The van der Waals surface area contributed by atoms with E-state index >= 15 is 0 Å². The molecule has 5 rings (SSSR count). The van der Waals surface area contributed by atoms with Crippen LogP contribution in [0, 0.1) is 17.8 Å². The summed E-state index contributed by atoms with van der Waals surface area (Å²) in [4.78, 5) is 57.0. The van der Waals surface area contributed by atoms with Crippen LogP contribution >= 0.6 is 0 Å². The van der Waals surface area contributed by atoms with Crippen molar-refractivity contribution in [1.82, 2.24) is 20.5 Å². The number of nitrogens with one attached hydrogen (secondary N) is 3. The second kappa shape index (κ2) is 10.5. The van der Waals surface area contributed by atoms with E-state index in [9.17, 15) is 24.3 Å². The molecule has 3 heterocycles. The number of hydrogen-bond donors (Lipinski definition) is 4. The van der Waals surface area contributed by atoms with Crippen LogP contribution in [0.1, 0.15) is 49.0 Å². The maximum absolute atomic E-state index is 13.7. The van der Waals surface area contributed by atoms with Crippen molar-refractivity contribution in [3.05, 3.63) is 30.0 Å². The molecule has 2 aromatic rings. The summed E-state index contributed by atoms with van der Waals surface area (Å²) in [5, 5.41) is 16.0. The van der Waals surface area contributed by atoms with Crippen LogP contribution in [0.5, 0.6) is 5.75 Å². The zero-order valence-electron chi connectivity index (χ0n) is 21.0. The van der Waals surface area contributed by atoms with Gasteiger partial charge in [-0.05, 0) is 62.1 Å². The van der Waals surface area contributed by atoms with Gasteiger partial charge in [0.1, 0.15) is 24.1 Å². The van der Waals surface area contributed by atoms with Crippen molar-refractivity contribution < 1.29 is 29.0 Å². The highest BCUT2D eigenvalue weighted by atomic mass is 16.5. The van der Waals surface area contributed by atoms with Crippen LogP contribution < -0.4 is 15.4 Å². The highest BCUT2D eigenvalue weighted by molar-refractivity contribution is 6.02. The standard InChI is InChI=1S/C27H34N4O6/c1-37-23-9-3-8-19-18(23)12-21(29-19)27(36)31-13-16-5-2-7-17(16)24(31)26(35)30-20(22(33)14-32)11-15-6-4-10-28-25(15)34/h3,8-9,12,15-17,20,24,29,32H,2,4-7,10-11,13-14H2,1H3,(H,28,34)(H,30,35)/t15-,16?,17?,20-,24?/m0/s1. The second-order valence-electron chi connectivity index (χ2n) is 10.4. The Morgan fingerprint density at radius 1 is 1.22 bits per heavy atom. The Labute approximate surface area is 215 Å². The van der Waals surface area contributed by atoms with Crippen LogP contribution in [-0.4, -0.2) is 77.4 Å². The van der Waals surface area contributed by atoms with Gasteiger partial charge in [-0.2, -0.15) is 0 Å². The third-order valence-corrected chi connectivity index (χ3v) is 8.27. The van der Waals surface area contributed by atoms with Gasteiger partial charge in [0.15, 0.2) is 5.78 Å². The Bertz CT molecular complexity index is 1210. The fraction of sp³-hybridized carbons (Fsp3) is 0.556. The molecule has 1 aromatic carbocycles. The van der Waals surface area contributed by atoms with E-state index in [-0.39, 0.29) is 30.1 Å². The minimum Gasteiger partial charge on any atom is -0.496 e. The van der Waals surface area contributed by atoms with Gasteiger partial charge < -0.3 is 30.4 Å². The first-order valence-corrected chi connectivity index (χ1v) is 13.1. The molecule has 1 aromatic heterocycles. The monoisotopic (exact) mass is 510 g/mol. The number of fused-ring (bicyclic) bond motifs is 2. The number of carbonyl (C=O) groups is 4. The Hall–Kier alpha value is -3.40. The molecule has 4 N–H and O–H groups in total. The molecule has 10 nitrogen and oxygen atoms in total. The molecule has 0 radical (unpaired) electrons. The van der Waals surface area contributed by atoms with Gasteiger partial charge in [0.05, 0.1) is 13.2 Å². The van der Waals surface area contributed by atoms with Gasteiger partial charge >= 0.3 is 0 Å². The van der Waals surface area contributed by atoms with Crippen molar-refractivity contribution in [2.75, 3.05) is 26.8 Å². The Morgan fingerprint density at radius 3 is 2.81 bits per heavy atom. The average molecular weight is 511 g/mol. The zero-order valence-corrected chi connectivity index (χ0v) is 21.0. The molecule has 3 amide bonds. The van der Waals surface area contributed by atoms with Crippen LogP contribution in [0.3, 0.4) is 0 Å². The van der Waals surface area contributed by atoms with Crippen molar-refractivity contribution in [3.8, 4) is 5.75 Å². The van der Waals surface area contributed by atoms with Gasteiger partial charge in [0.25, 0.3) is 5.91 Å². The number of amides is 3. The zero-order chi connectivity index (χ0) is 26.1. The molecular weight excluding hydrogens is 476 g/mol. The lowest BCUT2D eigenvalue weighted by molar-refractivity contribution is -0.134. The highest BCUT2D eigenvalue weighted by Gasteiger charge is 2.50. The number of benzene rings is 1. The predicted molar refractivity (Wildman–Crippen MR) is 135 cm³/mol. The number of likely N-dealkylation sites (tertiary alicyclic amines) is 1. The number of aliphatic hydroxyl groups excluding tert-OH is 1. The molecule has 0 spiro atoms. The molecule has 3 unspecified atom stereocenters. The van der Waals surface area contributed by atoms with Crippen molar-refractivity contribution in [3.63, 3.8) is 0 Å². The van der Waals surface area contributed by atoms with Gasteiger partial charge in [-0.25, -0.2) is 0 Å². The van der Waals surface area contributed by atoms with Gasteiger partial charge in [-0.3, -0.25) is 19.2 Å². The lowest BCUT2D eigenvalue weighted by Crippen LogP contribution is -2.54. The number of nitrogens with zero attached hydrogens (tertiary/aromatic N) is 1. The van der Waals surface area contributed by atoms with E-state index < -0.39 is 36.3 Å². The van der Waals surface area contributed by atoms with E-state index in [2.05, 4.69) is 15.6 Å². The second-order valence-corrected chi connectivity index (χ2v) is 10.4. The number of Topliss-reactive ketones (excluding diaryl/α,β-unsaturated/α-hetero) is 1. The van der Waals surface area contributed by atoms with Crippen molar-refractivity contribution in [2.24, 2.45) is 17.8 Å². The minimum absolute atomic E-state index is 0.00530. The van der Waals surface area contributed by atoms with Gasteiger partial charge in [0.2, 0.25) is 11.8 Å². The molecular formula is C27H34N4O6. The SMILES string of the molecule is COc1cccc2[nH]c(C(=O)N3CC4CCCC4C3C(=O)N[C@@H](C[C@@H]3CCCNC3=O)C(=O)CO)cc12.